The Labute approximate surface area is 160 Å². The number of anilines is 1. The first-order valence-electron chi connectivity index (χ1n) is 8.46. The zero-order valence-electron chi connectivity index (χ0n) is 15.1. The first kappa shape index (κ1) is 18.9. The van der Waals surface area contributed by atoms with Crippen molar-refractivity contribution in [1.29, 1.82) is 0 Å². The molecule has 3 rings (SSSR count). The second kappa shape index (κ2) is 7.79. The normalized spacial score (nSPS) is 12.4. The summed E-state index contributed by atoms with van der Waals surface area (Å²) in [7, 11) is 1.45. The van der Waals surface area contributed by atoms with Gasteiger partial charge in [0, 0.05) is 4.88 Å². The van der Waals surface area contributed by atoms with Crippen LogP contribution in [0.5, 0.6) is 5.75 Å². The topological polar surface area (TPSA) is 108 Å². The Morgan fingerprint density at radius 2 is 2.04 bits per heavy atom. The number of hydrogen-bond acceptors (Lipinski definition) is 6. The standard InChI is InChI=1S/C19H20N2O5S/c1-10-6-7-13(25-2)12(8-10)19(24)26-9-15(22)21-18-16(17(20)23)11-4-3-5-14(11)27-18/h6-8H,3-5,9H2,1-2H3,(H2,20,23)(H,21,22). The van der Waals surface area contributed by atoms with Gasteiger partial charge in [-0.1, -0.05) is 11.6 Å². The number of rotatable bonds is 6. The minimum atomic E-state index is -0.658. The molecule has 0 saturated carbocycles. The fraction of sp³-hybridized carbons (Fsp3) is 0.316. The fourth-order valence-corrected chi connectivity index (χ4v) is 4.42. The van der Waals surface area contributed by atoms with E-state index in [-0.39, 0.29) is 5.56 Å². The number of esters is 1. The predicted octanol–water partition coefficient (Wildman–Crippen LogP) is 2.45. The highest BCUT2D eigenvalue weighted by atomic mass is 32.1. The van der Waals surface area contributed by atoms with Crippen molar-refractivity contribution in [3.63, 3.8) is 0 Å². The molecule has 7 nitrogen and oxygen atoms in total. The Morgan fingerprint density at radius 1 is 1.26 bits per heavy atom. The maximum atomic E-state index is 12.3. The first-order valence-corrected chi connectivity index (χ1v) is 9.28. The van der Waals surface area contributed by atoms with Gasteiger partial charge in [0.1, 0.15) is 16.3 Å². The molecule has 0 radical (unpaired) electrons. The molecular formula is C19H20N2O5S. The maximum absolute atomic E-state index is 12.3. The lowest BCUT2D eigenvalue weighted by atomic mass is 10.1. The van der Waals surface area contributed by atoms with Crippen LogP contribution in [0.2, 0.25) is 0 Å². The van der Waals surface area contributed by atoms with Gasteiger partial charge in [-0.15, -0.1) is 11.3 Å². The van der Waals surface area contributed by atoms with Crippen LogP contribution in [0.4, 0.5) is 5.00 Å². The summed E-state index contributed by atoms with van der Waals surface area (Å²) in [5, 5.41) is 3.06. The van der Waals surface area contributed by atoms with E-state index < -0.39 is 24.4 Å². The second-order valence-electron chi connectivity index (χ2n) is 6.25. The number of ether oxygens (including phenoxy) is 2. The van der Waals surface area contributed by atoms with Crippen LogP contribution in [0, 0.1) is 6.92 Å². The number of carbonyl (C=O) groups is 3. The van der Waals surface area contributed by atoms with Gasteiger partial charge < -0.3 is 20.5 Å². The fourth-order valence-electron chi connectivity index (χ4n) is 3.11. The van der Waals surface area contributed by atoms with Gasteiger partial charge in [-0.2, -0.15) is 0 Å². The highest BCUT2D eigenvalue weighted by molar-refractivity contribution is 7.17. The van der Waals surface area contributed by atoms with Gasteiger partial charge in [-0.25, -0.2) is 4.79 Å². The number of carbonyl (C=O) groups excluding carboxylic acids is 3. The molecule has 0 atom stereocenters. The summed E-state index contributed by atoms with van der Waals surface area (Å²) >= 11 is 1.35. The highest BCUT2D eigenvalue weighted by Gasteiger charge is 2.26. The van der Waals surface area contributed by atoms with Crippen molar-refractivity contribution in [2.24, 2.45) is 5.73 Å². The van der Waals surface area contributed by atoms with Crippen LogP contribution in [0.3, 0.4) is 0 Å². The molecule has 27 heavy (non-hydrogen) atoms. The van der Waals surface area contributed by atoms with E-state index in [1.165, 1.54) is 18.4 Å². The summed E-state index contributed by atoms with van der Waals surface area (Å²) in [6, 6.07) is 5.11. The monoisotopic (exact) mass is 388 g/mol. The molecule has 0 bridgehead atoms. The molecule has 142 valence electrons. The minimum absolute atomic E-state index is 0.248. The number of methoxy groups -OCH3 is 1. The average Bonchev–Trinajstić information content (AvgIpc) is 3.19. The quantitative estimate of drug-likeness (QED) is 0.739. The molecule has 1 aliphatic rings. The molecule has 1 heterocycles. The van der Waals surface area contributed by atoms with Crippen molar-refractivity contribution in [1.82, 2.24) is 0 Å². The van der Waals surface area contributed by atoms with Crippen LogP contribution in [0.25, 0.3) is 0 Å². The van der Waals surface area contributed by atoms with E-state index in [0.29, 0.717) is 16.3 Å². The summed E-state index contributed by atoms with van der Waals surface area (Å²) in [6.45, 7) is 1.36. The zero-order chi connectivity index (χ0) is 19.6. The molecule has 1 aromatic carbocycles. The van der Waals surface area contributed by atoms with Crippen molar-refractivity contribution < 1.29 is 23.9 Å². The number of nitrogens with one attached hydrogen (secondary N) is 1. The second-order valence-corrected chi connectivity index (χ2v) is 7.36. The minimum Gasteiger partial charge on any atom is -0.496 e. The SMILES string of the molecule is COc1ccc(C)cc1C(=O)OCC(=O)Nc1sc2c(c1C(N)=O)CCC2. The van der Waals surface area contributed by atoms with Crippen molar-refractivity contribution in [3.05, 3.63) is 45.3 Å². The molecule has 0 spiro atoms. The van der Waals surface area contributed by atoms with E-state index in [1.54, 1.807) is 12.1 Å². The lowest BCUT2D eigenvalue weighted by molar-refractivity contribution is -0.119. The summed E-state index contributed by atoms with van der Waals surface area (Å²) in [6.07, 6.45) is 2.63. The van der Waals surface area contributed by atoms with Crippen molar-refractivity contribution in [2.45, 2.75) is 26.2 Å². The number of fused-ring (bicyclic) bond motifs is 1. The predicted molar refractivity (Wildman–Crippen MR) is 102 cm³/mol. The number of amides is 2. The third kappa shape index (κ3) is 3.95. The smallest absolute Gasteiger partial charge is 0.342 e. The molecule has 0 saturated heterocycles. The number of aryl methyl sites for hydroxylation is 2. The molecule has 1 aromatic heterocycles. The zero-order valence-corrected chi connectivity index (χ0v) is 15.9. The third-order valence-corrected chi connectivity index (χ3v) is 5.54. The average molecular weight is 388 g/mol. The Kier molecular flexibility index (Phi) is 5.46. The van der Waals surface area contributed by atoms with Crippen LogP contribution < -0.4 is 15.8 Å². The van der Waals surface area contributed by atoms with Gasteiger partial charge in [0.25, 0.3) is 11.8 Å². The maximum Gasteiger partial charge on any atom is 0.342 e. The van der Waals surface area contributed by atoms with Crippen molar-refractivity contribution >= 4 is 34.1 Å². The van der Waals surface area contributed by atoms with Gasteiger partial charge in [-0.05, 0) is 43.9 Å². The molecular weight excluding hydrogens is 368 g/mol. The Balaban J connectivity index is 1.67. The lowest BCUT2D eigenvalue weighted by Gasteiger charge is -2.10. The van der Waals surface area contributed by atoms with E-state index in [1.807, 2.05) is 13.0 Å². The van der Waals surface area contributed by atoms with E-state index in [4.69, 9.17) is 15.2 Å². The molecule has 0 unspecified atom stereocenters. The summed E-state index contributed by atoms with van der Waals surface area (Å²) in [5.41, 5.74) is 7.87. The van der Waals surface area contributed by atoms with E-state index in [2.05, 4.69) is 5.32 Å². The molecule has 2 aromatic rings. The summed E-state index contributed by atoms with van der Waals surface area (Å²) < 4.78 is 10.2. The largest absolute Gasteiger partial charge is 0.496 e. The molecule has 0 fully saturated rings. The van der Waals surface area contributed by atoms with Gasteiger partial charge in [0.05, 0.1) is 12.7 Å². The van der Waals surface area contributed by atoms with Gasteiger partial charge >= 0.3 is 5.97 Å². The summed E-state index contributed by atoms with van der Waals surface area (Å²) in [5.74, 6) is -1.38. The molecule has 3 N–H and O–H groups in total. The molecule has 8 heteroatoms. The Morgan fingerprint density at radius 3 is 2.74 bits per heavy atom. The highest BCUT2D eigenvalue weighted by Crippen LogP contribution is 2.38. The number of primary amides is 1. The van der Waals surface area contributed by atoms with Gasteiger partial charge in [0.15, 0.2) is 6.61 Å². The van der Waals surface area contributed by atoms with Crippen LogP contribution in [-0.4, -0.2) is 31.5 Å². The first-order chi connectivity index (χ1) is 12.9. The molecule has 2 amide bonds. The van der Waals surface area contributed by atoms with Crippen LogP contribution in [-0.2, 0) is 22.4 Å². The van der Waals surface area contributed by atoms with E-state index in [0.717, 1.165) is 35.3 Å². The van der Waals surface area contributed by atoms with Gasteiger partial charge in [0.2, 0.25) is 0 Å². The van der Waals surface area contributed by atoms with Gasteiger partial charge in [-0.3, -0.25) is 9.59 Å². The Bertz CT molecular complexity index is 919. The molecule has 0 aliphatic heterocycles. The number of hydrogen-bond donors (Lipinski definition) is 2. The third-order valence-electron chi connectivity index (χ3n) is 4.33. The van der Waals surface area contributed by atoms with Crippen molar-refractivity contribution in [2.75, 3.05) is 19.0 Å². The van der Waals surface area contributed by atoms with Crippen LogP contribution >= 0.6 is 11.3 Å². The Hall–Kier alpha value is -2.87. The van der Waals surface area contributed by atoms with E-state index >= 15 is 0 Å². The van der Waals surface area contributed by atoms with Crippen LogP contribution in [0.1, 0.15) is 43.1 Å². The lowest BCUT2D eigenvalue weighted by Crippen LogP contribution is -2.23. The number of thiophene rings is 1. The number of nitrogens with two attached hydrogens (primary N) is 1. The number of benzene rings is 1. The van der Waals surface area contributed by atoms with Crippen LogP contribution in [0.15, 0.2) is 18.2 Å². The van der Waals surface area contributed by atoms with E-state index in [9.17, 15) is 14.4 Å². The van der Waals surface area contributed by atoms with Crippen molar-refractivity contribution in [3.8, 4) is 5.75 Å². The summed E-state index contributed by atoms with van der Waals surface area (Å²) in [4.78, 5) is 37.3. The molecule has 1 aliphatic carbocycles.